The quantitative estimate of drug-likeness (QED) is 0.888. The van der Waals surface area contributed by atoms with Crippen molar-refractivity contribution in [2.24, 2.45) is 0 Å². The monoisotopic (exact) mass is 357 g/mol. The molecule has 0 saturated carbocycles. The summed E-state index contributed by atoms with van der Waals surface area (Å²) in [5.74, 6) is 0.111. The lowest BCUT2D eigenvalue weighted by Crippen LogP contribution is -2.24. The first-order chi connectivity index (χ1) is 7.40. The molecule has 0 radical (unpaired) electrons. The van der Waals surface area contributed by atoms with E-state index < -0.39 is 6.43 Å². The number of hydrogen-bond donors (Lipinski definition) is 1. The summed E-state index contributed by atoms with van der Waals surface area (Å²) in [6.07, 6.45) is -2.34. The van der Waals surface area contributed by atoms with E-state index in [2.05, 4.69) is 31.9 Å². The van der Waals surface area contributed by atoms with Crippen molar-refractivity contribution in [1.29, 1.82) is 0 Å². The number of hydrogen-bond acceptors (Lipinski definition) is 2. The first-order valence-electron chi connectivity index (χ1n) is 4.53. The van der Waals surface area contributed by atoms with Crippen LogP contribution in [0.4, 0.5) is 8.78 Å². The Balaban J connectivity index is 2.74. The number of phenolic OH excluding ortho intramolecular Hbond substituents is 1. The van der Waals surface area contributed by atoms with Gasteiger partial charge < -0.3 is 5.11 Å². The maximum atomic E-state index is 12.1. The Morgan fingerprint density at radius 1 is 1.31 bits per heavy atom. The molecule has 0 heterocycles. The minimum absolute atomic E-state index is 0.111. The molecular weight excluding hydrogens is 348 g/mol. The van der Waals surface area contributed by atoms with Gasteiger partial charge in [0.25, 0.3) is 6.43 Å². The van der Waals surface area contributed by atoms with Crippen LogP contribution in [0.25, 0.3) is 0 Å². The number of aromatic hydroxyl groups is 1. The van der Waals surface area contributed by atoms with Gasteiger partial charge >= 0.3 is 0 Å². The fourth-order valence-electron chi connectivity index (χ4n) is 1.32. The van der Waals surface area contributed by atoms with Gasteiger partial charge in [-0.05, 0) is 56.6 Å². The van der Waals surface area contributed by atoms with Gasteiger partial charge in [0.05, 0.1) is 15.5 Å². The van der Waals surface area contributed by atoms with Crippen LogP contribution in [0.5, 0.6) is 5.75 Å². The van der Waals surface area contributed by atoms with Crippen molar-refractivity contribution in [1.82, 2.24) is 4.90 Å². The van der Waals surface area contributed by atoms with E-state index in [1.807, 2.05) is 0 Å². The maximum absolute atomic E-state index is 12.1. The molecule has 16 heavy (non-hydrogen) atoms. The minimum Gasteiger partial charge on any atom is -0.506 e. The largest absolute Gasteiger partial charge is 0.506 e. The highest BCUT2D eigenvalue weighted by molar-refractivity contribution is 9.11. The van der Waals surface area contributed by atoms with E-state index in [1.165, 1.54) is 4.90 Å². The van der Waals surface area contributed by atoms with E-state index in [1.54, 1.807) is 19.2 Å². The van der Waals surface area contributed by atoms with Gasteiger partial charge in [0.2, 0.25) is 0 Å². The Labute approximate surface area is 110 Å². The second-order valence-electron chi connectivity index (χ2n) is 3.50. The summed E-state index contributed by atoms with van der Waals surface area (Å²) >= 11 is 6.38. The van der Waals surface area contributed by atoms with Crippen molar-refractivity contribution in [2.75, 3.05) is 13.6 Å². The average Bonchev–Trinajstić information content (AvgIpc) is 2.12. The van der Waals surface area contributed by atoms with Crippen molar-refractivity contribution in [3.8, 4) is 5.75 Å². The molecular formula is C10H11Br2F2NO. The molecule has 1 aromatic carbocycles. The molecule has 0 saturated heterocycles. The SMILES string of the molecule is CN(Cc1cc(Br)c(O)c(Br)c1)CC(F)F. The minimum atomic E-state index is -2.34. The van der Waals surface area contributed by atoms with E-state index in [9.17, 15) is 13.9 Å². The number of phenols is 1. The second kappa shape index (κ2) is 5.93. The van der Waals surface area contributed by atoms with E-state index in [-0.39, 0.29) is 12.3 Å². The van der Waals surface area contributed by atoms with E-state index in [4.69, 9.17) is 0 Å². The third-order valence-electron chi connectivity index (χ3n) is 1.98. The fourth-order valence-corrected chi connectivity index (χ4v) is 2.60. The van der Waals surface area contributed by atoms with Gasteiger partial charge in [0.15, 0.2) is 0 Å². The summed E-state index contributed by atoms with van der Waals surface area (Å²) in [5.41, 5.74) is 0.847. The molecule has 90 valence electrons. The molecule has 1 rings (SSSR count). The number of halogens is 4. The number of nitrogens with zero attached hydrogens (tertiary/aromatic N) is 1. The highest BCUT2D eigenvalue weighted by atomic mass is 79.9. The van der Waals surface area contributed by atoms with Gasteiger partial charge in [-0.1, -0.05) is 0 Å². The third kappa shape index (κ3) is 3.99. The average molecular weight is 359 g/mol. The Hall–Kier alpha value is -0.200. The van der Waals surface area contributed by atoms with Crippen LogP contribution in [-0.4, -0.2) is 30.0 Å². The molecule has 2 nitrogen and oxygen atoms in total. The zero-order valence-electron chi connectivity index (χ0n) is 8.55. The molecule has 6 heteroatoms. The zero-order valence-corrected chi connectivity index (χ0v) is 11.7. The van der Waals surface area contributed by atoms with Gasteiger partial charge in [0, 0.05) is 6.54 Å². The Morgan fingerprint density at radius 2 is 1.81 bits per heavy atom. The summed E-state index contributed by atoms with van der Waals surface area (Å²) in [4.78, 5) is 1.52. The number of alkyl halides is 2. The van der Waals surface area contributed by atoms with Crippen LogP contribution in [0.2, 0.25) is 0 Å². The third-order valence-corrected chi connectivity index (χ3v) is 3.19. The summed E-state index contributed by atoms with van der Waals surface area (Å²) in [7, 11) is 1.63. The van der Waals surface area contributed by atoms with Crippen LogP contribution in [0.15, 0.2) is 21.1 Å². The molecule has 0 amide bonds. The molecule has 0 fully saturated rings. The normalized spacial score (nSPS) is 11.4. The van der Waals surface area contributed by atoms with Gasteiger partial charge in [0.1, 0.15) is 5.75 Å². The van der Waals surface area contributed by atoms with Crippen molar-refractivity contribution in [3.63, 3.8) is 0 Å². The lowest BCUT2D eigenvalue weighted by molar-refractivity contribution is 0.0975. The molecule has 0 aliphatic carbocycles. The van der Waals surface area contributed by atoms with Crippen molar-refractivity contribution < 1.29 is 13.9 Å². The smallest absolute Gasteiger partial charge is 0.251 e. The molecule has 0 spiro atoms. The summed E-state index contributed by atoms with van der Waals surface area (Å²) < 4.78 is 25.3. The highest BCUT2D eigenvalue weighted by Crippen LogP contribution is 2.33. The van der Waals surface area contributed by atoms with Crippen molar-refractivity contribution >= 4 is 31.9 Å². The molecule has 1 aromatic rings. The first-order valence-corrected chi connectivity index (χ1v) is 6.12. The van der Waals surface area contributed by atoms with Gasteiger partial charge in [-0.2, -0.15) is 0 Å². The highest BCUT2D eigenvalue weighted by Gasteiger charge is 2.10. The van der Waals surface area contributed by atoms with Crippen LogP contribution in [0, 0.1) is 0 Å². The van der Waals surface area contributed by atoms with Crippen LogP contribution in [0.1, 0.15) is 5.56 Å². The van der Waals surface area contributed by atoms with Crippen molar-refractivity contribution in [3.05, 3.63) is 26.6 Å². The predicted octanol–water partition coefficient (Wildman–Crippen LogP) is 3.61. The van der Waals surface area contributed by atoms with E-state index in [0.717, 1.165) is 5.56 Å². The van der Waals surface area contributed by atoms with Gasteiger partial charge in [-0.15, -0.1) is 0 Å². The van der Waals surface area contributed by atoms with Crippen molar-refractivity contribution in [2.45, 2.75) is 13.0 Å². The molecule has 1 N–H and O–H groups in total. The molecule has 0 atom stereocenters. The number of benzene rings is 1. The summed E-state index contributed by atoms with van der Waals surface area (Å²) in [6.45, 7) is 0.137. The summed E-state index contributed by atoms with van der Waals surface area (Å²) in [6, 6.07) is 3.42. The Kier molecular flexibility index (Phi) is 5.14. The van der Waals surface area contributed by atoms with Gasteiger partial charge in [-0.25, -0.2) is 8.78 Å². The lowest BCUT2D eigenvalue weighted by Gasteiger charge is -2.16. The first kappa shape index (κ1) is 13.9. The molecule has 0 aromatic heterocycles. The summed E-state index contributed by atoms with van der Waals surface area (Å²) in [5, 5.41) is 9.48. The zero-order chi connectivity index (χ0) is 12.3. The van der Waals surface area contributed by atoms with Crippen LogP contribution in [0.3, 0.4) is 0 Å². The lowest BCUT2D eigenvalue weighted by atomic mass is 10.2. The topological polar surface area (TPSA) is 23.5 Å². The van der Waals surface area contributed by atoms with E-state index in [0.29, 0.717) is 15.5 Å². The standard InChI is InChI=1S/C10H11Br2F2NO/c1-15(5-9(13)14)4-6-2-7(11)10(16)8(12)3-6/h2-3,9,16H,4-5H2,1H3. The molecule has 0 bridgehead atoms. The van der Waals surface area contributed by atoms with Crippen LogP contribution in [-0.2, 0) is 6.54 Å². The molecule has 0 aliphatic rings. The molecule has 0 unspecified atom stereocenters. The van der Waals surface area contributed by atoms with Crippen LogP contribution >= 0.6 is 31.9 Å². The number of rotatable bonds is 4. The van der Waals surface area contributed by atoms with Gasteiger partial charge in [-0.3, -0.25) is 4.90 Å². The Bertz CT molecular complexity index is 351. The van der Waals surface area contributed by atoms with E-state index >= 15 is 0 Å². The fraction of sp³-hybridized carbons (Fsp3) is 0.400. The second-order valence-corrected chi connectivity index (χ2v) is 5.20. The Morgan fingerprint density at radius 3 is 2.25 bits per heavy atom. The predicted molar refractivity (Wildman–Crippen MR) is 65.8 cm³/mol. The van der Waals surface area contributed by atoms with Crippen LogP contribution < -0.4 is 0 Å². The maximum Gasteiger partial charge on any atom is 0.251 e. The molecule has 0 aliphatic heterocycles.